The lowest BCUT2D eigenvalue weighted by atomic mass is 10.0. The number of fused-ring (bicyclic) bond motifs is 1. The van der Waals surface area contributed by atoms with Crippen LogP contribution in [0, 0.1) is 5.92 Å². The van der Waals surface area contributed by atoms with Crippen LogP contribution >= 0.6 is 11.8 Å². The fourth-order valence-corrected chi connectivity index (χ4v) is 4.81. The zero-order valence-corrected chi connectivity index (χ0v) is 16.8. The quantitative estimate of drug-likeness (QED) is 0.664. The first-order valence-corrected chi connectivity index (χ1v) is 11.0. The van der Waals surface area contributed by atoms with Gasteiger partial charge in [0.05, 0.1) is 17.4 Å². The summed E-state index contributed by atoms with van der Waals surface area (Å²) < 4.78 is 2.15. The van der Waals surface area contributed by atoms with Gasteiger partial charge in [-0.15, -0.1) is 0 Å². The highest BCUT2D eigenvalue weighted by Crippen LogP contribution is 2.21. The summed E-state index contributed by atoms with van der Waals surface area (Å²) in [4.78, 5) is 16.6. The van der Waals surface area contributed by atoms with Crippen molar-refractivity contribution in [1.82, 2.24) is 20.2 Å². The van der Waals surface area contributed by atoms with E-state index in [0.717, 1.165) is 29.7 Å². The molecule has 0 bridgehead atoms. The summed E-state index contributed by atoms with van der Waals surface area (Å²) in [7, 11) is 0. The van der Waals surface area contributed by atoms with Crippen molar-refractivity contribution in [2.45, 2.75) is 25.9 Å². The van der Waals surface area contributed by atoms with Crippen LogP contribution in [-0.4, -0.2) is 33.6 Å². The first-order chi connectivity index (χ1) is 13.8. The third-order valence-electron chi connectivity index (χ3n) is 5.22. The molecule has 2 heterocycles. The number of rotatable bonds is 6. The highest BCUT2D eigenvalue weighted by molar-refractivity contribution is 7.99. The lowest BCUT2D eigenvalue weighted by molar-refractivity contribution is 0.238. The van der Waals surface area contributed by atoms with Crippen molar-refractivity contribution in [2.75, 3.05) is 18.1 Å². The third-order valence-corrected chi connectivity index (χ3v) is 6.27. The number of nitrogens with one attached hydrogen (secondary N) is 2. The van der Waals surface area contributed by atoms with Gasteiger partial charge in [-0.2, -0.15) is 11.8 Å². The van der Waals surface area contributed by atoms with Gasteiger partial charge in [-0.1, -0.05) is 36.4 Å². The number of hydrogen-bond acceptors (Lipinski definition) is 3. The van der Waals surface area contributed by atoms with Crippen LogP contribution in [0.15, 0.2) is 54.9 Å². The average molecular weight is 395 g/mol. The van der Waals surface area contributed by atoms with E-state index in [4.69, 9.17) is 0 Å². The molecular formula is C22H26N4OS. The molecule has 0 atom stereocenters. The van der Waals surface area contributed by atoms with Gasteiger partial charge in [-0.05, 0) is 53.5 Å². The molecule has 0 aliphatic carbocycles. The normalized spacial score (nSPS) is 14.9. The Hall–Kier alpha value is -2.47. The molecule has 0 unspecified atom stereocenters. The SMILES string of the molecule is O=C(NCc1cccc(Cn2cnc3ccccc32)c1)NCC1CCSCC1. The number of para-hydroxylation sites is 2. The maximum absolute atomic E-state index is 12.1. The van der Waals surface area contributed by atoms with Gasteiger partial charge in [0.25, 0.3) is 0 Å². The van der Waals surface area contributed by atoms with Crippen LogP contribution in [0.3, 0.4) is 0 Å². The first kappa shape index (κ1) is 18.9. The molecule has 28 heavy (non-hydrogen) atoms. The summed E-state index contributed by atoms with van der Waals surface area (Å²) in [5.74, 6) is 3.06. The topological polar surface area (TPSA) is 59.0 Å². The largest absolute Gasteiger partial charge is 0.338 e. The van der Waals surface area contributed by atoms with E-state index in [9.17, 15) is 4.79 Å². The lowest BCUT2D eigenvalue weighted by Crippen LogP contribution is -2.38. The Morgan fingerprint density at radius 3 is 2.79 bits per heavy atom. The maximum Gasteiger partial charge on any atom is 0.315 e. The van der Waals surface area contributed by atoms with Gasteiger partial charge in [0.2, 0.25) is 0 Å². The van der Waals surface area contributed by atoms with E-state index in [0.29, 0.717) is 12.5 Å². The summed E-state index contributed by atoms with van der Waals surface area (Å²) in [5, 5.41) is 6.00. The second-order valence-corrected chi connectivity index (χ2v) is 8.53. The highest BCUT2D eigenvalue weighted by atomic mass is 32.2. The minimum atomic E-state index is -0.0794. The summed E-state index contributed by atoms with van der Waals surface area (Å²) in [6.45, 7) is 2.07. The third kappa shape index (κ3) is 4.87. The Bertz CT molecular complexity index is 933. The van der Waals surface area contributed by atoms with Gasteiger partial charge in [0.15, 0.2) is 0 Å². The number of aromatic nitrogens is 2. The standard InChI is InChI=1S/C22H26N4OS/c27-22(23-13-17-8-10-28-11-9-17)24-14-18-4-3-5-19(12-18)15-26-16-25-20-6-1-2-7-21(20)26/h1-7,12,16-17H,8-11,13-15H2,(H2,23,24,27). The fourth-order valence-electron chi connectivity index (χ4n) is 3.60. The second kappa shape index (κ2) is 9.15. The fraction of sp³-hybridized carbons (Fsp3) is 0.364. The van der Waals surface area contributed by atoms with Crippen LogP contribution in [0.1, 0.15) is 24.0 Å². The molecule has 146 valence electrons. The van der Waals surface area contributed by atoms with Crippen molar-refractivity contribution in [3.8, 4) is 0 Å². The molecule has 3 aromatic rings. The number of thioether (sulfide) groups is 1. The first-order valence-electron chi connectivity index (χ1n) is 9.85. The predicted octanol–water partition coefficient (Wildman–Crippen LogP) is 4.03. The van der Waals surface area contributed by atoms with E-state index < -0.39 is 0 Å². The number of carbonyl (C=O) groups excluding carboxylic acids is 1. The van der Waals surface area contributed by atoms with Gasteiger partial charge < -0.3 is 15.2 Å². The van der Waals surface area contributed by atoms with Crippen molar-refractivity contribution in [2.24, 2.45) is 5.92 Å². The summed E-state index contributed by atoms with van der Waals surface area (Å²) in [6, 6.07) is 16.4. The summed E-state index contributed by atoms with van der Waals surface area (Å²) in [6.07, 6.45) is 4.29. The van der Waals surface area contributed by atoms with Crippen molar-refractivity contribution in [3.05, 3.63) is 66.0 Å². The van der Waals surface area contributed by atoms with Gasteiger partial charge in [0, 0.05) is 19.6 Å². The molecule has 2 N–H and O–H groups in total. The van der Waals surface area contributed by atoms with Crippen LogP contribution in [0.25, 0.3) is 11.0 Å². The van der Waals surface area contributed by atoms with Gasteiger partial charge in [0.1, 0.15) is 0 Å². The summed E-state index contributed by atoms with van der Waals surface area (Å²) >= 11 is 2.01. The van der Waals surface area contributed by atoms with Crippen LogP contribution < -0.4 is 10.6 Å². The Balaban J connectivity index is 1.30. The van der Waals surface area contributed by atoms with E-state index in [1.54, 1.807) is 0 Å². The van der Waals surface area contributed by atoms with Crippen LogP contribution in [0.5, 0.6) is 0 Å². The number of benzene rings is 2. The van der Waals surface area contributed by atoms with E-state index in [2.05, 4.69) is 38.4 Å². The minimum absolute atomic E-state index is 0.0794. The molecule has 5 nitrogen and oxygen atoms in total. The smallest absolute Gasteiger partial charge is 0.315 e. The van der Waals surface area contributed by atoms with Crippen LogP contribution in [0.2, 0.25) is 0 Å². The Morgan fingerprint density at radius 2 is 1.89 bits per heavy atom. The molecule has 2 aromatic carbocycles. The maximum atomic E-state index is 12.1. The van der Waals surface area contributed by atoms with Crippen molar-refractivity contribution in [1.29, 1.82) is 0 Å². The summed E-state index contributed by atoms with van der Waals surface area (Å²) in [5.41, 5.74) is 4.44. The van der Waals surface area contributed by atoms with Gasteiger partial charge in [-0.25, -0.2) is 9.78 Å². The van der Waals surface area contributed by atoms with Crippen molar-refractivity contribution >= 4 is 28.8 Å². The second-order valence-electron chi connectivity index (χ2n) is 7.30. The Morgan fingerprint density at radius 1 is 1.07 bits per heavy atom. The number of urea groups is 1. The minimum Gasteiger partial charge on any atom is -0.338 e. The predicted molar refractivity (Wildman–Crippen MR) is 116 cm³/mol. The zero-order valence-electron chi connectivity index (χ0n) is 15.9. The molecule has 1 aromatic heterocycles. The molecule has 0 saturated carbocycles. The zero-order chi connectivity index (χ0) is 19.2. The van der Waals surface area contributed by atoms with Crippen LogP contribution in [0.4, 0.5) is 4.79 Å². The van der Waals surface area contributed by atoms with Crippen LogP contribution in [-0.2, 0) is 13.1 Å². The molecule has 1 aliphatic heterocycles. The molecule has 2 amide bonds. The molecule has 1 fully saturated rings. The molecular weight excluding hydrogens is 368 g/mol. The highest BCUT2D eigenvalue weighted by Gasteiger charge is 2.14. The van der Waals surface area contributed by atoms with E-state index in [1.807, 2.05) is 48.4 Å². The molecule has 4 rings (SSSR count). The number of amides is 2. The Kier molecular flexibility index (Phi) is 6.17. The van der Waals surface area contributed by atoms with Gasteiger partial charge in [-0.3, -0.25) is 0 Å². The molecule has 1 saturated heterocycles. The number of hydrogen-bond donors (Lipinski definition) is 2. The van der Waals surface area contributed by atoms with Crippen molar-refractivity contribution in [3.63, 3.8) is 0 Å². The molecule has 0 spiro atoms. The van der Waals surface area contributed by atoms with Crippen molar-refractivity contribution < 1.29 is 4.79 Å². The Labute approximate surface area is 169 Å². The molecule has 0 radical (unpaired) electrons. The van der Waals surface area contributed by atoms with E-state index in [-0.39, 0.29) is 6.03 Å². The lowest BCUT2D eigenvalue weighted by Gasteiger charge is -2.21. The van der Waals surface area contributed by atoms with E-state index >= 15 is 0 Å². The van der Waals surface area contributed by atoms with Gasteiger partial charge >= 0.3 is 6.03 Å². The molecule has 1 aliphatic rings. The molecule has 6 heteroatoms. The number of carbonyl (C=O) groups is 1. The van der Waals surface area contributed by atoms with E-state index in [1.165, 1.54) is 29.9 Å². The number of imidazole rings is 1. The monoisotopic (exact) mass is 394 g/mol. The number of nitrogens with zero attached hydrogens (tertiary/aromatic N) is 2. The average Bonchev–Trinajstić information content (AvgIpc) is 3.15.